The molecular formula is C17H19BrClNO. The lowest BCUT2D eigenvalue weighted by atomic mass is 10.1. The number of aryl methyl sites for hydroxylation is 1. The summed E-state index contributed by atoms with van der Waals surface area (Å²) in [6.07, 6.45) is 0. The van der Waals surface area contributed by atoms with Crippen LogP contribution in [0.25, 0.3) is 0 Å². The van der Waals surface area contributed by atoms with Crippen molar-refractivity contribution in [2.45, 2.75) is 26.8 Å². The van der Waals surface area contributed by atoms with E-state index < -0.39 is 0 Å². The largest absolute Gasteiger partial charge is 0.457 e. The second-order valence-electron chi connectivity index (χ2n) is 4.97. The van der Waals surface area contributed by atoms with Gasteiger partial charge in [0.25, 0.3) is 0 Å². The van der Waals surface area contributed by atoms with E-state index in [0.717, 1.165) is 38.7 Å². The van der Waals surface area contributed by atoms with Gasteiger partial charge < -0.3 is 10.1 Å². The van der Waals surface area contributed by atoms with E-state index in [9.17, 15) is 0 Å². The predicted octanol–water partition coefficient (Wildman–Crippen LogP) is 5.87. The van der Waals surface area contributed by atoms with Gasteiger partial charge in [-0.15, -0.1) is 0 Å². The van der Waals surface area contributed by atoms with Gasteiger partial charge in [0.15, 0.2) is 0 Å². The summed E-state index contributed by atoms with van der Waals surface area (Å²) in [5.41, 5.74) is 2.13. The zero-order valence-corrected chi connectivity index (χ0v) is 14.8. The van der Waals surface area contributed by atoms with E-state index in [4.69, 9.17) is 16.3 Å². The van der Waals surface area contributed by atoms with Gasteiger partial charge in [0, 0.05) is 21.1 Å². The maximum Gasteiger partial charge on any atom is 0.132 e. The van der Waals surface area contributed by atoms with E-state index in [2.05, 4.69) is 41.2 Å². The Morgan fingerprint density at radius 1 is 1.24 bits per heavy atom. The Labute approximate surface area is 139 Å². The molecule has 0 amide bonds. The molecule has 0 saturated carbocycles. The highest BCUT2D eigenvalue weighted by molar-refractivity contribution is 9.10. The maximum atomic E-state index is 6.06. The maximum absolute atomic E-state index is 6.06. The van der Waals surface area contributed by atoms with Crippen LogP contribution in [0.5, 0.6) is 11.5 Å². The average molecular weight is 369 g/mol. The standard InChI is InChI=1S/C17H19BrClNO/c1-4-20-12(3)15-10-13(18)5-8-17(15)21-14-6-7-16(19)11(2)9-14/h5-10,12,20H,4H2,1-3H3. The Hall–Kier alpha value is -1.03. The first-order chi connectivity index (χ1) is 10.0. The summed E-state index contributed by atoms with van der Waals surface area (Å²) in [5, 5.41) is 4.16. The summed E-state index contributed by atoms with van der Waals surface area (Å²) in [5.74, 6) is 1.65. The van der Waals surface area contributed by atoms with Gasteiger partial charge in [0.1, 0.15) is 11.5 Å². The zero-order valence-electron chi connectivity index (χ0n) is 12.4. The molecule has 2 aromatic carbocycles. The summed E-state index contributed by atoms with van der Waals surface area (Å²) in [7, 11) is 0. The fourth-order valence-electron chi connectivity index (χ4n) is 2.17. The molecule has 1 atom stereocenters. The lowest BCUT2D eigenvalue weighted by Gasteiger charge is -2.18. The molecule has 0 aromatic heterocycles. The zero-order chi connectivity index (χ0) is 15.4. The first kappa shape index (κ1) is 16.3. The van der Waals surface area contributed by atoms with Gasteiger partial charge in [-0.1, -0.05) is 34.5 Å². The molecule has 0 radical (unpaired) electrons. The lowest BCUT2D eigenvalue weighted by Crippen LogP contribution is -2.18. The van der Waals surface area contributed by atoms with Crippen molar-refractivity contribution in [2.24, 2.45) is 0 Å². The van der Waals surface area contributed by atoms with Crippen molar-refractivity contribution in [3.63, 3.8) is 0 Å². The second kappa shape index (κ2) is 7.30. The number of hydrogen-bond acceptors (Lipinski definition) is 2. The Balaban J connectivity index is 2.32. The monoisotopic (exact) mass is 367 g/mol. The third kappa shape index (κ3) is 4.22. The Kier molecular flexibility index (Phi) is 5.68. The van der Waals surface area contributed by atoms with Crippen LogP contribution in [0.4, 0.5) is 0 Å². The lowest BCUT2D eigenvalue weighted by molar-refractivity contribution is 0.462. The molecule has 0 heterocycles. The number of hydrogen-bond donors (Lipinski definition) is 1. The molecule has 0 aliphatic carbocycles. The molecular weight excluding hydrogens is 350 g/mol. The number of rotatable bonds is 5. The van der Waals surface area contributed by atoms with Crippen LogP contribution in [-0.4, -0.2) is 6.54 Å². The van der Waals surface area contributed by atoms with Crippen molar-refractivity contribution in [2.75, 3.05) is 6.54 Å². The number of halogens is 2. The van der Waals surface area contributed by atoms with Crippen molar-refractivity contribution in [1.82, 2.24) is 5.32 Å². The number of nitrogens with one attached hydrogen (secondary N) is 1. The van der Waals surface area contributed by atoms with Gasteiger partial charge in [0.2, 0.25) is 0 Å². The molecule has 2 rings (SSSR count). The Morgan fingerprint density at radius 3 is 2.67 bits per heavy atom. The van der Waals surface area contributed by atoms with Crippen LogP contribution in [0.1, 0.15) is 31.0 Å². The van der Waals surface area contributed by atoms with Crippen LogP contribution < -0.4 is 10.1 Å². The molecule has 0 aliphatic heterocycles. The highest BCUT2D eigenvalue weighted by atomic mass is 79.9. The van der Waals surface area contributed by atoms with Crippen LogP contribution in [0.15, 0.2) is 40.9 Å². The quantitative estimate of drug-likeness (QED) is 0.712. The van der Waals surface area contributed by atoms with Crippen molar-refractivity contribution in [3.8, 4) is 11.5 Å². The Morgan fingerprint density at radius 2 is 2.00 bits per heavy atom. The van der Waals surface area contributed by atoms with E-state index in [1.54, 1.807) is 0 Å². The van der Waals surface area contributed by atoms with Gasteiger partial charge in [-0.3, -0.25) is 0 Å². The summed E-state index contributed by atoms with van der Waals surface area (Å²) < 4.78 is 7.09. The average Bonchev–Trinajstić information content (AvgIpc) is 2.45. The van der Waals surface area contributed by atoms with Crippen LogP contribution in [0, 0.1) is 6.92 Å². The molecule has 2 nitrogen and oxygen atoms in total. The first-order valence-electron chi connectivity index (χ1n) is 6.98. The van der Waals surface area contributed by atoms with Crippen molar-refractivity contribution < 1.29 is 4.74 Å². The topological polar surface area (TPSA) is 21.3 Å². The fourth-order valence-corrected chi connectivity index (χ4v) is 2.67. The molecule has 4 heteroatoms. The minimum absolute atomic E-state index is 0.218. The molecule has 0 spiro atoms. The van der Waals surface area contributed by atoms with Crippen LogP contribution in [0.3, 0.4) is 0 Å². The third-order valence-electron chi connectivity index (χ3n) is 3.31. The van der Waals surface area contributed by atoms with Crippen molar-refractivity contribution in [3.05, 3.63) is 57.0 Å². The van der Waals surface area contributed by atoms with Gasteiger partial charge in [-0.05, 0) is 62.4 Å². The summed E-state index contributed by atoms with van der Waals surface area (Å²) in [6.45, 7) is 7.11. The van der Waals surface area contributed by atoms with Crippen molar-refractivity contribution >= 4 is 27.5 Å². The van der Waals surface area contributed by atoms with E-state index >= 15 is 0 Å². The molecule has 0 fully saturated rings. The van der Waals surface area contributed by atoms with Gasteiger partial charge in [0.05, 0.1) is 0 Å². The van der Waals surface area contributed by atoms with Crippen LogP contribution in [-0.2, 0) is 0 Å². The van der Waals surface area contributed by atoms with Gasteiger partial charge in [-0.25, -0.2) is 0 Å². The molecule has 0 aliphatic rings. The van der Waals surface area contributed by atoms with Gasteiger partial charge in [-0.2, -0.15) is 0 Å². The van der Waals surface area contributed by atoms with E-state index in [-0.39, 0.29) is 6.04 Å². The molecule has 1 unspecified atom stereocenters. The summed E-state index contributed by atoms with van der Waals surface area (Å²) >= 11 is 9.58. The van der Waals surface area contributed by atoms with Gasteiger partial charge >= 0.3 is 0 Å². The number of ether oxygens (including phenoxy) is 1. The molecule has 2 aromatic rings. The summed E-state index contributed by atoms with van der Waals surface area (Å²) in [4.78, 5) is 0. The second-order valence-corrected chi connectivity index (χ2v) is 6.30. The van der Waals surface area contributed by atoms with E-state index in [0.29, 0.717) is 0 Å². The first-order valence-corrected chi connectivity index (χ1v) is 8.15. The smallest absolute Gasteiger partial charge is 0.132 e. The van der Waals surface area contributed by atoms with E-state index in [1.807, 2.05) is 37.3 Å². The number of benzene rings is 2. The van der Waals surface area contributed by atoms with Crippen LogP contribution >= 0.6 is 27.5 Å². The molecule has 21 heavy (non-hydrogen) atoms. The highest BCUT2D eigenvalue weighted by Crippen LogP contribution is 2.33. The normalized spacial score (nSPS) is 12.2. The molecule has 1 N–H and O–H groups in total. The summed E-state index contributed by atoms with van der Waals surface area (Å²) in [6, 6.07) is 12.0. The minimum Gasteiger partial charge on any atom is -0.457 e. The van der Waals surface area contributed by atoms with Crippen molar-refractivity contribution in [1.29, 1.82) is 0 Å². The fraction of sp³-hybridized carbons (Fsp3) is 0.294. The third-order valence-corrected chi connectivity index (χ3v) is 4.22. The molecule has 112 valence electrons. The Bertz CT molecular complexity index is 630. The SMILES string of the molecule is CCNC(C)c1cc(Br)ccc1Oc1ccc(Cl)c(C)c1. The molecule has 0 saturated heterocycles. The van der Waals surface area contributed by atoms with E-state index in [1.165, 1.54) is 0 Å². The minimum atomic E-state index is 0.218. The molecule has 0 bridgehead atoms. The predicted molar refractivity (Wildman–Crippen MR) is 92.5 cm³/mol. The highest BCUT2D eigenvalue weighted by Gasteiger charge is 2.12. The van der Waals surface area contributed by atoms with Crippen LogP contribution in [0.2, 0.25) is 5.02 Å².